The van der Waals surface area contributed by atoms with Crippen LogP contribution in [-0.4, -0.2) is 35.6 Å². The van der Waals surface area contributed by atoms with E-state index in [0.717, 1.165) is 24.3 Å². The number of carbonyl (C=O) groups is 1. The van der Waals surface area contributed by atoms with Gasteiger partial charge in [0.1, 0.15) is 0 Å². The molecule has 1 aliphatic rings. The van der Waals surface area contributed by atoms with Crippen molar-refractivity contribution in [2.45, 2.75) is 6.92 Å². The van der Waals surface area contributed by atoms with E-state index in [2.05, 4.69) is 10.6 Å². The van der Waals surface area contributed by atoms with Crippen molar-refractivity contribution in [2.24, 2.45) is 0 Å². The SMILES string of the molecule is Cc1ccccc1NC(=O)CN1CCNC1=S.Cl. The Balaban J connectivity index is 0.00000162. The van der Waals surface area contributed by atoms with Crippen LogP contribution in [0.2, 0.25) is 0 Å². The minimum atomic E-state index is -0.0367. The summed E-state index contributed by atoms with van der Waals surface area (Å²) in [7, 11) is 0. The van der Waals surface area contributed by atoms with E-state index in [1.807, 2.05) is 36.1 Å². The van der Waals surface area contributed by atoms with Crippen LogP contribution in [0.15, 0.2) is 24.3 Å². The first-order valence-electron chi connectivity index (χ1n) is 5.55. The fraction of sp³-hybridized carbons (Fsp3) is 0.333. The van der Waals surface area contributed by atoms with Crippen LogP contribution < -0.4 is 10.6 Å². The van der Waals surface area contributed by atoms with Crippen molar-refractivity contribution >= 4 is 41.3 Å². The topological polar surface area (TPSA) is 44.4 Å². The third-order valence-corrected chi connectivity index (χ3v) is 3.10. The summed E-state index contributed by atoms with van der Waals surface area (Å²) in [5, 5.41) is 6.57. The van der Waals surface area contributed by atoms with E-state index < -0.39 is 0 Å². The Bertz CT molecular complexity index is 453. The number of aryl methyl sites for hydroxylation is 1. The van der Waals surface area contributed by atoms with Gasteiger partial charge >= 0.3 is 0 Å². The molecule has 0 saturated carbocycles. The largest absolute Gasteiger partial charge is 0.361 e. The second-order valence-corrected chi connectivity index (χ2v) is 4.40. The van der Waals surface area contributed by atoms with Crippen LogP contribution in [0.25, 0.3) is 0 Å². The van der Waals surface area contributed by atoms with Crippen LogP contribution in [0.5, 0.6) is 0 Å². The molecule has 0 spiro atoms. The lowest BCUT2D eigenvalue weighted by molar-refractivity contribution is -0.116. The smallest absolute Gasteiger partial charge is 0.243 e. The number of carbonyl (C=O) groups excluding carboxylic acids is 1. The van der Waals surface area contributed by atoms with Crippen molar-refractivity contribution in [1.82, 2.24) is 10.2 Å². The zero-order chi connectivity index (χ0) is 12.3. The molecular weight excluding hydrogens is 270 g/mol. The molecule has 18 heavy (non-hydrogen) atoms. The van der Waals surface area contributed by atoms with Crippen LogP contribution >= 0.6 is 24.6 Å². The summed E-state index contributed by atoms with van der Waals surface area (Å²) in [6.07, 6.45) is 0. The van der Waals surface area contributed by atoms with Gasteiger partial charge in [-0.05, 0) is 30.8 Å². The van der Waals surface area contributed by atoms with Gasteiger partial charge in [-0.3, -0.25) is 4.79 Å². The number of para-hydroxylation sites is 1. The standard InChI is InChI=1S/C12H15N3OS.ClH/c1-9-4-2-3-5-10(9)14-11(16)8-15-7-6-13-12(15)17;/h2-5H,6-8H2,1H3,(H,13,17)(H,14,16);1H. The molecule has 0 unspecified atom stereocenters. The molecule has 2 rings (SSSR count). The van der Waals surface area contributed by atoms with E-state index in [9.17, 15) is 4.79 Å². The maximum atomic E-state index is 11.8. The molecule has 2 N–H and O–H groups in total. The summed E-state index contributed by atoms with van der Waals surface area (Å²) in [5.41, 5.74) is 1.92. The molecule has 1 fully saturated rings. The summed E-state index contributed by atoms with van der Waals surface area (Å²) >= 11 is 5.08. The molecule has 6 heteroatoms. The average molecular weight is 286 g/mol. The van der Waals surface area contributed by atoms with E-state index in [1.54, 1.807) is 0 Å². The summed E-state index contributed by atoms with van der Waals surface area (Å²) in [6.45, 7) is 3.88. The number of nitrogens with zero attached hydrogens (tertiary/aromatic N) is 1. The fourth-order valence-electron chi connectivity index (χ4n) is 1.74. The number of thiocarbonyl (C=S) groups is 1. The molecule has 0 aliphatic carbocycles. The van der Waals surface area contributed by atoms with Gasteiger partial charge in [-0.25, -0.2) is 0 Å². The van der Waals surface area contributed by atoms with Gasteiger partial charge in [-0.2, -0.15) is 0 Å². The predicted molar refractivity (Wildman–Crippen MR) is 79.2 cm³/mol. The fourth-order valence-corrected chi connectivity index (χ4v) is 2.00. The first kappa shape index (κ1) is 14.7. The molecule has 1 aromatic carbocycles. The van der Waals surface area contributed by atoms with Gasteiger partial charge in [0.2, 0.25) is 5.91 Å². The maximum Gasteiger partial charge on any atom is 0.243 e. The lowest BCUT2D eigenvalue weighted by Gasteiger charge is -2.16. The van der Waals surface area contributed by atoms with Crippen molar-refractivity contribution in [1.29, 1.82) is 0 Å². The molecule has 1 amide bonds. The molecule has 98 valence electrons. The van der Waals surface area contributed by atoms with E-state index in [0.29, 0.717) is 11.7 Å². The molecule has 0 aromatic heterocycles. The average Bonchev–Trinajstić information content (AvgIpc) is 2.68. The van der Waals surface area contributed by atoms with Gasteiger partial charge in [0, 0.05) is 18.8 Å². The summed E-state index contributed by atoms with van der Waals surface area (Å²) in [6, 6.07) is 7.72. The van der Waals surface area contributed by atoms with Crippen LogP contribution in [0, 0.1) is 6.92 Å². The van der Waals surface area contributed by atoms with E-state index in [4.69, 9.17) is 12.2 Å². The van der Waals surface area contributed by atoms with E-state index >= 15 is 0 Å². The van der Waals surface area contributed by atoms with Crippen molar-refractivity contribution in [3.63, 3.8) is 0 Å². The van der Waals surface area contributed by atoms with Crippen molar-refractivity contribution in [2.75, 3.05) is 25.0 Å². The van der Waals surface area contributed by atoms with Gasteiger partial charge in [-0.15, -0.1) is 12.4 Å². The number of anilines is 1. The highest BCUT2D eigenvalue weighted by Crippen LogP contribution is 2.13. The molecule has 1 aromatic rings. The molecule has 1 heterocycles. The predicted octanol–water partition coefficient (Wildman–Crippen LogP) is 1.55. The van der Waals surface area contributed by atoms with Crippen LogP contribution in [0.4, 0.5) is 5.69 Å². The normalized spacial score (nSPS) is 13.8. The minimum absolute atomic E-state index is 0. The monoisotopic (exact) mass is 285 g/mol. The molecule has 1 saturated heterocycles. The molecule has 1 aliphatic heterocycles. The first-order valence-corrected chi connectivity index (χ1v) is 5.96. The van der Waals surface area contributed by atoms with Crippen LogP contribution in [0.3, 0.4) is 0 Å². The Morgan fingerprint density at radius 3 is 2.83 bits per heavy atom. The summed E-state index contributed by atoms with van der Waals surface area (Å²) < 4.78 is 0. The number of benzene rings is 1. The number of hydrogen-bond acceptors (Lipinski definition) is 2. The zero-order valence-electron chi connectivity index (χ0n) is 10.1. The quantitative estimate of drug-likeness (QED) is 0.827. The molecule has 0 atom stereocenters. The van der Waals surface area contributed by atoms with Crippen molar-refractivity contribution in [3.05, 3.63) is 29.8 Å². The minimum Gasteiger partial charge on any atom is -0.361 e. The first-order chi connectivity index (χ1) is 8.16. The second kappa shape index (κ2) is 6.56. The molecule has 0 bridgehead atoms. The number of hydrogen-bond donors (Lipinski definition) is 2. The molecule has 4 nitrogen and oxygen atoms in total. The highest BCUT2D eigenvalue weighted by Gasteiger charge is 2.18. The van der Waals surface area contributed by atoms with Gasteiger partial charge in [0.15, 0.2) is 5.11 Å². The summed E-state index contributed by atoms with van der Waals surface area (Å²) in [4.78, 5) is 13.7. The van der Waals surface area contributed by atoms with Gasteiger partial charge in [-0.1, -0.05) is 18.2 Å². The highest BCUT2D eigenvalue weighted by atomic mass is 35.5. The Labute approximate surface area is 118 Å². The maximum absolute atomic E-state index is 11.8. The van der Waals surface area contributed by atoms with Gasteiger partial charge in [0.05, 0.1) is 6.54 Å². The lowest BCUT2D eigenvalue weighted by atomic mass is 10.2. The van der Waals surface area contributed by atoms with Gasteiger partial charge in [0.25, 0.3) is 0 Å². The lowest BCUT2D eigenvalue weighted by Crippen LogP contribution is -2.35. The number of amides is 1. The molecule has 0 radical (unpaired) electrons. The Kier molecular flexibility index (Phi) is 5.37. The van der Waals surface area contributed by atoms with Crippen LogP contribution in [-0.2, 0) is 4.79 Å². The third-order valence-electron chi connectivity index (χ3n) is 2.70. The van der Waals surface area contributed by atoms with E-state index in [-0.39, 0.29) is 18.3 Å². The summed E-state index contributed by atoms with van der Waals surface area (Å²) in [5.74, 6) is -0.0367. The van der Waals surface area contributed by atoms with Crippen molar-refractivity contribution < 1.29 is 4.79 Å². The van der Waals surface area contributed by atoms with Crippen LogP contribution in [0.1, 0.15) is 5.56 Å². The number of rotatable bonds is 3. The zero-order valence-corrected chi connectivity index (χ0v) is 11.7. The second-order valence-electron chi connectivity index (χ2n) is 4.02. The van der Waals surface area contributed by atoms with E-state index in [1.165, 1.54) is 0 Å². The van der Waals surface area contributed by atoms with Gasteiger partial charge < -0.3 is 15.5 Å². The third kappa shape index (κ3) is 3.58. The highest BCUT2D eigenvalue weighted by molar-refractivity contribution is 7.80. The Morgan fingerprint density at radius 1 is 1.50 bits per heavy atom. The Hall–Kier alpha value is -1.33. The molecular formula is C12H16ClN3OS. The Morgan fingerprint density at radius 2 is 2.22 bits per heavy atom. The number of nitrogens with one attached hydrogen (secondary N) is 2. The van der Waals surface area contributed by atoms with Crippen molar-refractivity contribution in [3.8, 4) is 0 Å². The number of halogens is 1.